The Kier molecular flexibility index (Phi) is 5.13. The zero-order valence-electron chi connectivity index (χ0n) is 13.3. The number of anilines is 1. The Hall–Kier alpha value is -1.95. The third kappa shape index (κ3) is 3.82. The number of likely N-dealkylation sites (tertiary alicyclic amines) is 1. The summed E-state index contributed by atoms with van der Waals surface area (Å²) in [5, 5.41) is 13.7. The summed E-state index contributed by atoms with van der Waals surface area (Å²) in [4.78, 5) is 25.1. The van der Waals surface area contributed by atoms with E-state index in [0.717, 1.165) is 13.1 Å². The van der Waals surface area contributed by atoms with Crippen molar-refractivity contribution in [3.63, 3.8) is 0 Å². The first-order chi connectivity index (χ1) is 10.4. The second kappa shape index (κ2) is 6.87. The molecule has 0 radical (unpaired) electrons. The fourth-order valence-electron chi connectivity index (χ4n) is 3.17. The number of carbonyl (C=O) groups excluding carboxylic acids is 1. The summed E-state index contributed by atoms with van der Waals surface area (Å²) in [7, 11) is 0. The summed E-state index contributed by atoms with van der Waals surface area (Å²) < 4.78 is 0. The van der Waals surface area contributed by atoms with Crippen molar-refractivity contribution in [2.24, 2.45) is 11.8 Å². The number of nitrogens with zero attached hydrogens (tertiary/aromatic N) is 2. The van der Waals surface area contributed by atoms with Gasteiger partial charge in [-0.05, 0) is 31.2 Å². The molecule has 0 bridgehead atoms. The van der Waals surface area contributed by atoms with E-state index in [1.165, 1.54) is 12.5 Å². The van der Waals surface area contributed by atoms with Gasteiger partial charge in [0.25, 0.3) is 5.69 Å². The number of benzene rings is 1. The number of nitro groups is 1. The summed E-state index contributed by atoms with van der Waals surface area (Å²) in [6, 6.07) is 5.92. The van der Waals surface area contributed by atoms with Gasteiger partial charge in [0.05, 0.1) is 11.0 Å². The highest BCUT2D eigenvalue weighted by molar-refractivity contribution is 5.96. The highest BCUT2D eigenvalue weighted by Crippen LogP contribution is 2.25. The number of hydrogen-bond donors (Lipinski definition) is 1. The molecule has 1 heterocycles. The molecule has 1 aromatic carbocycles. The van der Waals surface area contributed by atoms with Crippen LogP contribution in [0.15, 0.2) is 24.3 Å². The standard InChI is InChI=1S/C16H23N3O3/c1-11-8-12(2)10-18(9-11)13(3)16(20)17-14-6-4-5-7-15(14)19(21)22/h4-7,11-13H,8-10H2,1-3H3,(H,17,20). The zero-order valence-corrected chi connectivity index (χ0v) is 13.3. The molecule has 1 aromatic rings. The van der Waals surface area contributed by atoms with Gasteiger partial charge in [-0.25, -0.2) is 0 Å². The van der Waals surface area contributed by atoms with Gasteiger partial charge in [0.2, 0.25) is 5.91 Å². The van der Waals surface area contributed by atoms with E-state index in [1.54, 1.807) is 18.2 Å². The molecule has 1 fully saturated rings. The molecule has 0 saturated carbocycles. The highest BCUT2D eigenvalue weighted by Gasteiger charge is 2.29. The molecule has 1 N–H and O–H groups in total. The van der Waals surface area contributed by atoms with Crippen molar-refractivity contribution >= 4 is 17.3 Å². The number of para-hydroxylation sites is 2. The van der Waals surface area contributed by atoms with Crippen molar-refractivity contribution in [1.29, 1.82) is 0 Å². The molecule has 2 rings (SSSR count). The number of amides is 1. The number of piperidine rings is 1. The minimum atomic E-state index is -0.481. The van der Waals surface area contributed by atoms with Gasteiger partial charge >= 0.3 is 0 Å². The molecule has 0 aromatic heterocycles. The predicted molar refractivity (Wildman–Crippen MR) is 85.7 cm³/mol. The van der Waals surface area contributed by atoms with Gasteiger partial charge < -0.3 is 5.32 Å². The fourth-order valence-corrected chi connectivity index (χ4v) is 3.17. The van der Waals surface area contributed by atoms with Crippen LogP contribution in [0.1, 0.15) is 27.2 Å². The number of nitro benzene ring substituents is 1. The maximum Gasteiger partial charge on any atom is 0.292 e. The third-order valence-corrected chi connectivity index (χ3v) is 4.18. The average Bonchev–Trinajstić information content (AvgIpc) is 2.45. The molecule has 0 aliphatic carbocycles. The van der Waals surface area contributed by atoms with Crippen molar-refractivity contribution in [1.82, 2.24) is 4.90 Å². The first-order valence-electron chi connectivity index (χ1n) is 7.66. The van der Waals surface area contributed by atoms with Crippen LogP contribution in [0.4, 0.5) is 11.4 Å². The second-order valence-electron chi connectivity index (χ2n) is 6.34. The predicted octanol–water partition coefficient (Wildman–Crippen LogP) is 2.90. The number of nitrogens with one attached hydrogen (secondary N) is 1. The quantitative estimate of drug-likeness (QED) is 0.685. The van der Waals surface area contributed by atoms with Gasteiger partial charge in [0, 0.05) is 19.2 Å². The van der Waals surface area contributed by atoms with Crippen LogP contribution in [0.3, 0.4) is 0 Å². The summed E-state index contributed by atoms with van der Waals surface area (Å²) in [5.41, 5.74) is 0.172. The smallest absolute Gasteiger partial charge is 0.292 e. The van der Waals surface area contributed by atoms with Gasteiger partial charge in [-0.2, -0.15) is 0 Å². The van der Waals surface area contributed by atoms with Crippen molar-refractivity contribution in [3.8, 4) is 0 Å². The minimum absolute atomic E-state index is 0.0802. The lowest BCUT2D eigenvalue weighted by Gasteiger charge is -2.38. The Bertz CT molecular complexity index is 551. The Balaban J connectivity index is 2.07. The van der Waals surface area contributed by atoms with Gasteiger partial charge in [0.15, 0.2) is 0 Å². The topological polar surface area (TPSA) is 75.5 Å². The van der Waals surface area contributed by atoms with E-state index in [0.29, 0.717) is 11.8 Å². The van der Waals surface area contributed by atoms with Crippen LogP contribution in [0, 0.1) is 22.0 Å². The first kappa shape index (κ1) is 16.4. The molecule has 0 spiro atoms. The molecule has 1 amide bonds. The monoisotopic (exact) mass is 305 g/mol. The van der Waals surface area contributed by atoms with Crippen LogP contribution >= 0.6 is 0 Å². The molecule has 120 valence electrons. The first-order valence-corrected chi connectivity index (χ1v) is 7.66. The lowest BCUT2D eigenvalue weighted by Crippen LogP contribution is -2.48. The Morgan fingerprint density at radius 1 is 1.32 bits per heavy atom. The number of hydrogen-bond acceptors (Lipinski definition) is 4. The van der Waals surface area contributed by atoms with Crippen molar-refractivity contribution in [2.45, 2.75) is 33.2 Å². The minimum Gasteiger partial charge on any atom is -0.319 e. The molecule has 3 atom stereocenters. The Morgan fingerprint density at radius 2 is 1.91 bits per heavy atom. The van der Waals surface area contributed by atoms with E-state index in [-0.39, 0.29) is 23.3 Å². The van der Waals surface area contributed by atoms with Crippen LogP contribution in [-0.4, -0.2) is 34.9 Å². The van der Waals surface area contributed by atoms with E-state index in [2.05, 4.69) is 24.1 Å². The number of carbonyl (C=O) groups is 1. The normalized spacial score (nSPS) is 23.8. The van der Waals surface area contributed by atoms with Crippen molar-refractivity contribution < 1.29 is 9.72 Å². The maximum atomic E-state index is 12.4. The Morgan fingerprint density at radius 3 is 2.50 bits per heavy atom. The number of rotatable bonds is 4. The van der Waals surface area contributed by atoms with E-state index in [9.17, 15) is 14.9 Å². The van der Waals surface area contributed by atoms with Crippen LogP contribution in [0.25, 0.3) is 0 Å². The molecule has 1 aliphatic rings. The van der Waals surface area contributed by atoms with Crippen LogP contribution in [0.2, 0.25) is 0 Å². The summed E-state index contributed by atoms with van der Waals surface area (Å²) in [5.74, 6) is 0.922. The average molecular weight is 305 g/mol. The van der Waals surface area contributed by atoms with Crippen LogP contribution < -0.4 is 5.32 Å². The van der Waals surface area contributed by atoms with Gasteiger partial charge in [-0.1, -0.05) is 26.0 Å². The lowest BCUT2D eigenvalue weighted by atomic mass is 9.91. The molecule has 6 nitrogen and oxygen atoms in total. The van der Waals surface area contributed by atoms with Gasteiger partial charge in [0.1, 0.15) is 5.69 Å². The maximum absolute atomic E-state index is 12.4. The lowest BCUT2D eigenvalue weighted by molar-refractivity contribution is -0.383. The largest absolute Gasteiger partial charge is 0.319 e. The molecule has 1 aliphatic heterocycles. The Labute approximate surface area is 130 Å². The summed E-state index contributed by atoms with van der Waals surface area (Å²) >= 11 is 0. The fraction of sp³-hybridized carbons (Fsp3) is 0.562. The van der Waals surface area contributed by atoms with Gasteiger partial charge in [-0.15, -0.1) is 0 Å². The summed E-state index contributed by atoms with van der Waals surface area (Å²) in [6.07, 6.45) is 1.18. The van der Waals surface area contributed by atoms with E-state index < -0.39 is 4.92 Å². The van der Waals surface area contributed by atoms with Crippen molar-refractivity contribution in [2.75, 3.05) is 18.4 Å². The van der Waals surface area contributed by atoms with E-state index >= 15 is 0 Å². The third-order valence-electron chi connectivity index (χ3n) is 4.18. The molecular formula is C16H23N3O3. The van der Waals surface area contributed by atoms with Crippen LogP contribution in [0.5, 0.6) is 0 Å². The molecule has 1 saturated heterocycles. The van der Waals surface area contributed by atoms with Gasteiger partial charge in [-0.3, -0.25) is 19.8 Å². The SMILES string of the molecule is CC1CC(C)CN(C(C)C(=O)Nc2ccccc2[N+](=O)[O-])C1. The molecule has 22 heavy (non-hydrogen) atoms. The second-order valence-corrected chi connectivity index (χ2v) is 6.34. The highest BCUT2D eigenvalue weighted by atomic mass is 16.6. The van der Waals surface area contributed by atoms with Crippen LogP contribution in [-0.2, 0) is 4.79 Å². The summed E-state index contributed by atoms with van der Waals surface area (Å²) in [6.45, 7) is 8.01. The van der Waals surface area contributed by atoms with Crippen molar-refractivity contribution in [3.05, 3.63) is 34.4 Å². The van der Waals surface area contributed by atoms with E-state index in [1.807, 2.05) is 6.92 Å². The zero-order chi connectivity index (χ0) is 16.3. The van der Waals surface area contributed by atoms with E-state index in [4.69, 9.17) is 0 Å². The molecular weight excluding hydrogens is 282 g/mol. The molecule has 3 unspecified atom stereocenters. The molecule has 6 heteroatoms.